The number of rotatable bonds is 3. The van der Waals surface area contributed by atoms with E-state index in [4.69, 9.17) is 4.74 Å². The van der Waals surface area contributed by atoms with Gasteiger partial charge in [-0.25, -0.2) is 4.79 Å². The lowest BCUT2D eigenvalue weighted by Crippen LogP contribution is -2.50. The molecule has 2 N–H and O–H groups in total. The maximum atomic E-state index is 12.5. The Hall–Kier alpha value is -2.24. The zero-order chi connectivity index (χ0) is 17.1. The molecule has 130 valence electrons. The summed E-state index contributed by atoms with van der Waals surface area (Å²) in [7, 11) is 0. The molecule has 1 unspecified atom stereocenters. The Balaban J connectivity index is 1.49. The van der Waals surface area contributed by atoms with E-state index in [9.17, 15) is 9.59 Å². The summed E-state index contributed by atoms with van der Waals surface area (Å²) in [5.41, 5.74) is 3.47. The quantitative estimate of drug-likeness (QED) is 0.889. The average Bonchev–Trinajstić information content (AvgIpc) is 3.01. The van der Waals surface area contributed by atoms with Gasteiger partial charge in [-0.05, 0) is 37.8 Å². The van der Waals surface area contributed by atoms with Gasteiger partial charge in [0.25, 0.3) is 0 Å². The lowest BCUT2D eigenvalue weighted by atomic mass is 10.0. The molecule has 0 aliphatic carbocycles. The minimum Gasteiger partial charge on any atom is -0.450 e. The van der Waals surface area contributed by atoms with Crippen LogP contribution in [0.1, 0.15) is 30.9 Å². The van der Waals surface area contributed by atoms with Crippen LogP contribution in [0.3, 0.4) is 0 Å². The molecule has 0 saturated carbocycles. The van der Waals surface area contributed by atoms with Crippen LogP contribution in [0.5, 0.6) is 0 Å². The fourth-order valence-corrected chi connectivity index (χ4v) is 3.43. The Morgan fingerprint density at radius 2 is 2.08 bits per heavy atom. The standard InChI is InChI=1S/C18H25N3O3/c1-3-24-18(23)21-9-7-14(8-10-21)19-17(22)15-11-13-6-4-5-12(2)16(13)20-15/h4-6,14-15,20H,3,7-11H2,1-2H3,(H,19,22). The molecule has 2 amide bonds. The van der Waals surface area contributed by atoms with Crippen molar-refractivity contribution >= 4 is 17.7 Å². The van der Waals surface area contributed by atoms with Gasteiger partial charge in [-0.15, -0.1) is 0 Å². The van der Waals surface area contributed by atoms with Gasteiger partial charge in [0.15, 0.2) is 0 Å². The predicted molar refractivity (Wildman–Crippen MR) is 92.1 cm³/mol. The third-order valence-corrected chi connectivity index (χ3v) is 4.79. The molecule has 6 heteroatoms. The normalized spacial score (nSPS) is 20.2. The van der Waals surface area contributed by atoms with Crippen LogP contribution in [0.15, 0.2) is 18.2 Å². The van der Waals surface area contributed by atoms with Crippen LogP contribution in [0.2, 0.25) is 0 Å². The van der Waals surface area contributed by atoms with Gasteiger partial charge in [0.1, 0.15) is 6.04 Å². The van der Waals surface area contributed by atoms with Crippen molar-refractivity contribution < 1.29 is 14.3 Å². The molecule has 1 aromatic rings. The molecule has 0 spiro atoms. The second-order valence-corrected chi connectivity index (χ2v) is 6.48. The number of ether oxygens (including phenoxy) is 1. The Kier molecular flexibility index (Phi) is 4.92. The summed E-state index contributed by atoms with van der Waals surface area (Å²) in [6.07, 6.45) is 2.00. The molecule has 24 heavy (non-hydrogen) atoms. The van der Waals surface area contributed by atoms with E-state index in [2.05, 4.69) is 29.7 Å². The number of likely N-dealkylation sites (tertiary alicyclic amines) is 1. The zero-order valence-electron chi connectivity index (χ0n) is 14.3. The number of fused-ring (bicyclic) bond motifs is 1. The maximum Gasteiger partial charge on any atom is 0.409 e. The molecule has 6 nitrogen and oxygen atoms in total. The van der Waals surface area contributed by atoms with E-state index >= 15 is 0 Å². The molecule has 2 aliphatic heterocycles. The van der Waals surface area contributed by atoms with Crippen LogP contribution < -0.4 is 10.6 Å². The first kappa shape index (κ1) is 16.6. The number of carbonyl (C=O) groups is 2. The Morgan fingerprint density at radius 3 is 2.75 bits per heavy atom. The Morgan fingerprint density at radius 1 is 1.33 bits per heavy atom. The minimum absolute atomic E-state index is 0.0418. The number of hydrogen-bond donors (Lipinski definition) is 2. The first-order valence-corrected chi connectivity index (χ1v) is 8.65. The second kappa shape index (κ2) is 7.11. The molecule has 1 fully saturated rings. The molecule has 3 rings (SSSR count). The van der Waals surface area contributed by atoms with E-state index in [1.54, 1.807) is 11.8 Å². The number of anilines is 1. The Bertz CT molecular complexity index is 624. The number of para-hydroxylation sites is 1. The topological polar surface area (TPSA) is 70.7 Å². The largest absolute Gasteiger partial charge is 0.450 e. The molecule has 2 aliphatic rings. The fraction of sp³-hybridized carbons (Fsp3) is 0.556. The van der Waals surface area contributed by atoms with Crippen molar-refractivity contribution in [3.63, 3.8) is 0 Å². The van der Waals surface area contributed by atoms with E-state index in [0.717, 1.165) is 24.9 Å². The van der Waals surface area contributed by atoms with E-state index in [0.29, 0.717) is 19.7 Å². The number of nitrogens with zero attached hydrogens (tertiary/aromatic N) is 1. The third-order valence-electron chi connectivity index (χ3n) is 4.79. The molecular formula is C18H25N3O3. The van der Waals surface area contributed by atoms with Crippen molar-refractivity contribution in [1.82, 2.24) is 10.2 Å². The van der Waals surface area contributed by atoms with Gasteiger partial charge in [-0.3, -0.25) is 4.79 Å². The van der Waals surface area contributed by atoms with Crippen molar-refractivity contribution in [2.45, 2.75) is 45.2 Å². The van der Waals surface area contributed by atoms with Crippen LogP contribution in [0.4, 0.5) is 10.5 Å². The van der Waals surface area contributed by atoms with Crippen LogP contribution in [-0.2, 0) is 16.0 Å². The molecular weight excluding hydrogens is 306 g/mol. The SMILES string of the molecule is CCOC(=O)N1CCC(NC(=O)C2Cc3cccc(C)c3N2)CC1. The van der Waals surface area contributed by atoms with Crippen molar-refractivity contribution in [1.29, 1.82) is 0 Å². The maximum absolute atomic E-state index is 12.5. The summed E-state index contributed by atoms with van der Waals surface area (Å²) in [4.78, 5) is 25.9. The van der Waals surface area contributed by atoms with E-state index in [1.807, 2.05) is 6.07 Å². The number of carbonyl (C=O) groups excluding carboxylic acids is 2. The summed E-state index contributed by atoms with van der Waals surface area (Å²) in [6.45, 7) is 5.50. The molecule has 1 atom stereocenters. The van der Waals surface area contributed by atoms with Crippen molar-refractivity contribution in [3.05, 3.63) is 29.3 Å². The zero-order valence-corrected chi connectivity index (χ0v) is 14.3. The van der Waals surface area contributed by atoms with Crippen molar-refractivity contribution in [3.8, 4) is 0 Å². The molecule has 1 saturated heterocycles. The molecule has 0 aromatic heterocycles. The number of hydrogen-bond acceptors (Lipinski definition) is 4. The summed E-state index contributed by atoms with van der Waals surface area (Å²) in [5.74, 6) is 0.0418. The highest BCUT2D eigenvalue weighted by Crippen LogP contribution is 2.29. The van der Waals surface area contributed by atoms with E-state index < -0.39 is 0 Å². The number of benzene rings is 1. The van der Waals surface area contributed by atoms with Crippen LogP contribution >= 0.6 is 0 Å². The molecule has 1 aromatic carbocycles. The summed E-state index contributed by atoms with van der Waals surface area (Å²) in [6, 6.07) is 6.07. The monoisotopic (exact) mass is 331 g/mol. The van der Waals surface area contributed by atoms with Gasteiger partial charge in [-0.2, -0.15) is 0 Å². The van der Waals surface area contributed by atoms with Crippen molar-refractivity contribution in [2.75, 3.05) is 25.0 Å². The van der Waals surface area contributed by atoms with Crippen molar-refractivity contribution in [2.24, 2.45) is 0 Å². The van der Waals surface area contributed by atoms with Gasteiger partial charge in [0, 0.05) is 31.2 Å². The molecule has 0 bridgehead atoms. The second-order valence-electron chi connectivity index (χ2n) is 6.48. The van der Waals surface area contributed by atoms with Gasteiger partial charge in [-0.1, -0.05) is 18.2 Å². The minimum atomic E-state index is -0.259. The van der Waals surface area contributed by atoms with Crippen LogP contribution in [0, 0.1) is 6.92 Å². The number of piperidine rings is 1. The lowest BCUT2D eigenvalue weighted by Gasteiger charge is -2.32. The van der Waals surface area contributed by atoms with Crippen LogP contribution in [-0.4, -0.2) is 48.7 Å². The number of nitrogens with one attached hydrogen (secondary N) is 2. The van der Waals surface area contributed by atoms with Gasteiger partial charge >= 0.3 is 6.09 Å². The molecule has 2 heterocycles. The first-order valence-electron chi connectivity index (χ1n) is 8.65. The molecule has 0 radical (unpaired) electrons. The summed E-state index contributed by atoms with van der Waals surface area (Å²) in [5, 5.41) is 6.47. The number of aryl methyl sites for hydroxylation is 1. The summed E-state index contributed by atoms with van der Waals surface area (Å²) >= 11 is 0. The van der Waals surface area contributed by atoms with Gasteiger partial charge < -0.3 is 20.3 Å². The lowest BCUT2D eigenvalue weighted by molar-refractivity contribution is -0.122. The highest BCUT2D eigenvalue weighted by atomic mass is 16.6. The highest BCUT2D eigenvalue weighted by molar-refractivity contribution is 5.88. The first-order chi connectivity index (χ1) is 11.6. The average molecular weight is 331 g/mol. The number of amides is 2. The fourth-order valence-electron chi connectivity index (χ4n) is 3.43. The van der Waals surface area contributed by atoms with Gasteiger partial charge in [0.2, 0.25) is 5.91 Å². The van der Waals surface area contributed by atoms with Crippen LogP contribution in [0.25, 0.3) is 0 Å². The van der Waals surface area contributed by atoms with E-state index in [1.165, 1.54) is 11.1 Å². The highest BCUT2D eigenvalue weighted by Gasteiger charge is 2.30. The van der Waals surface area contributed by atoms with Gasteiger partial charge in [0.05, 0.1) is 6.61 Å². The summed E-state index contributed by atoms with van der Waals surface area (Å²) < 4.78 is 5.02. The predicted octanol–water partition coefficient (Wildman–Crippen LogP) is 2.07. The third kappa shape index (κ3) is 3.47. The smallest absolute Gasteiger partial charge is 0.409 e. The van der Waals surface area contributed by atoms with E-state index in [-0.39, 0.29) is 24.1 Å². The Labute approximate surface area is 142 Å².